The summed E-state index contributed by atoms with van der Waals surface area (Å²) in [4.78, 5) is 16.7. The summed E-state index contributed by atoms with van der Waals surface area (Å²) in [6.45, 7) is 2.30. The van der Waals surface area contributed by atoms with Gasteiger partial charge in [0.25, 0.3) is 0 Å². The van der Waals surface area contributed by atoms with Gasteiger partial charge in [0.2, 0.25) is 0 Å². The normalized spacial score (nSPS) is 15.1. The Hall–Kier alpha value is -3.23. The highest BCUT2D eigenvalue weighted by Gasteiger charge is 2.19. The fourth-order valence-corrected chi connectivity index (χ4v) is 4.12. The van der Waals surface area contributed by atoms with Crippen molar-refractivity contribution in [3.8, 4) is 0 Å². The van der Waals surface area contributed by atoms with Crippen molar-refractivity contribution in [1.29, 1.82) is 0 Å². The maximum absolute atomic E-state index is 13.3. The number of halogens is 1. The number of benzene rings is 1. The molecule has 0 bridgehead atoms. The van der Waals surface area contributed by atoms with Gasteiger partial charge < -0.3 is 19.2 Å². The van der Waals surface area contributed by atoms with E-state index < -0.39 is 5.56 Å². The van der Waals surface area contributed by atoms with E-state index in [1.165, 1.54) is 18.3 Å². The lowest BCUT2D eigenvalue weighted by molar-refractivity contribution is -0.0387. The van der Waals surface area contributed by atoms with E-state index in [9.17, 15) is 14.4 Å². The molecule has 0 aliphatic carbocycles. The first-order valence-corrected chi connectivity index (χ1v) is 10.3. The zero-order valence-corrected chi connectivity index (χ0v) is 16.8. The molecule has 1 saturated heterocycles. The van der Waals surface area contributed by atoms with Crippen LogP contribution in [0.5, 0.6) is 0 Å². The van der Waals surface area contributed by atoms with Crippen molar-refractivity contribution in [1.82, 2.24) is 14.3 Å². The molecule has 0 unspecified atom stereocenters. The Bertz CT molecular complexity index is 1290. The van der Waals surface area contributed by atoms with Crippen LogP contribution in [0.1, 0.15) is 24.0 Å². The second-order valence-electron chi connectivity index (χ2n) is 7.78. The molecule has 1 aliphatic heterocycles. The van der Waals surface area contributed by atoms with Crippen molar-refractivity contribution in [3.63, 3.8) is 0 Å². The van der Waals surface area contributed by atoms with Gasteiger partial charge in [-0.3, -0.25) is 4.79 Å². The first kappa shape index (κ1) is 19.7. The van der Waals surface area contributed by atoms with Crippen LogP contribution in [0.15, 0.2) is 53.7 Å². The average molecular weight is 423 g/mol. The Morgan fingerprint density at radius 2 is 1.97 bits per heavy atom. The predicted octanol–water partition coefficient (Wildman–Crippen LogP) is 3.47. The summed E-state index contributed by atoms with van der Waals surface area (Å²) in [6, 6.07) is 8.06. The molecule has 1 N–H and O–H groups in total. The van der Waals surface area contributed by atoms with Crippen LogP contribution in [0.25, 0.3) is 21.8 Å². The zero-order chi connectivity index (χ0) is 21.4. The summed E-state index contributed by atoms with van der Waals surface area (Å²) in [5.74, 6) is -0.278. The number of ether oxygens (including phenoxy) is 2. The van der Waals surface area contributed by atoms with Gasteiger partial charge in [-0.1, -0.05) is 12.1 Å². The lowest BCUT2D eigenvalue weighted by atomic mass is 10.1. The Balaban J connectivity index is 1.59. The molecule has 160 valence electrons. The van der Waals surface area contributed by atoms with Crippen molar-refractivity contribution >= 4 is 21.8 Å². The summed E-state index contributed by atoms with van der Waals surface area (Å²) >= 11 is 0. The van der Waals surface area contributed by atoms with Gasteiger partial charge in [-0.2, -0.15) is 4.73 Å². The molecular formula is C23H22FN3O4. The maximum Gasteiger partial charge on any atom is 0.309 e. The predicted molar refractivity (Wildman–Crippen MR) is 113 cm³/mol. The summed E-state index contributed by atoms with van der Waals surface area (Å²) < 4.78 is 27.4. The van der Waals surface area contributed by atoms with Crippen LogP contribution in [-0.4, -0.2) is 38.8 Å². The van der Waals surface area contributed by atoms with E-state index in [4.69, 9.17) is 9.47 Å². The first-order valence-electron chi connectivity index (χ1n) is 10.3. The third-order valence-electron chi connectivity index (χ3n) is 5.74. The molecule has 0 saturated carbocycles. The van der Waals surface area contributed by atoms with Crippen molar-refractivity contribution in [2.75, 3.05) is 13.2 Å². The topological polar surface area (TPSA) is 78.5 Å². The molecule has 4 aromatic rings. The largest absolute Gasteiger partial charge is 0.425 e. The Morgan fingerprint density at radius 3 is 2.74 bits per heavy atom. The SMILES string of the molecule is O=c1c2ncc3c(c(COC4CCOCC4)cn3Cc3ccc(F)cc3)c2ccn1O. The second-order valence-corrected chi connectivity index (χ2v) is 7.78. The second kappa shape index (κ2) is 8.13. The molecule has 31 heavy (non-hydrogen) atoms. The average Bonchev–Trinajstić information content (AvgIpc) is 3.15. The molecule has 0 radical (unpaired) electrons. The Morgan fingerprint density at radius 1 is 1.19 bits per heavy atom. The van der Waals surface area contributed by atoms with E-state index >= 15 is 0 Å². The third-order valence-corrected chi connectivity index (χ3v) is 5.74. The van der Waals surface area contributed by atoms with Gasteiger partial charge in [0, 0.05) is 48.5 Å². The van der Waals surface area contributed by atoms with E-state index in [2.05, 4.69) is 4.98 Å². The van der Waals surface area contributed by atoms with Crippen LogP contribution in [0.3, 0.4) is 0 Å². The molecule has 0 atom stereocenters. The number of aromatic nitrogens is 3. The summed E-state index contributed by atoms with van der Waals surface area (Å²) in [5, 5.41) is 11.3. The minimum absolute atomic E-state index is 0.131. The monoisotopic (exact) mass is 423 g/mol. The van der Waals surface area contributed by atoms with E-state index in [0.29, 0.717) is 36.5 Å². The molecule has 3 aromatic heterocycles. The lowest BCUT2D eigenvalue weighted by Gasteiger charge is -2.22. The highest BCUT2D eigenvalue weighted by molar-refractivity contribution is 6.06. The first-order chi connectivity index (χ1) is 15.1. The fourth-order valence-electron chi connectivity index (χ4n) is 4.12. The van der Waals surface area contributed by atoms with Gasteiger partial charge in [-0.05, 0) is 36.6 Å². The van der Waals surface area contributed by atoms with Crippen molar-refractivity contribution in [2.24, 2.45) is 0 Å². The van der Waals surface area contributed by atoms with Gasteiger partial charge >= 0.3 is 5.56 Å². The standard InChI is InChI=1S/C23H22FN3O4/c24-17-3-1-15(2-4-17)12-26-13-16(14-31-18-6-9-30-10-7-18)21-19-5-8-27(29)23(28)22(19)25-11-20(21)26/h1-5,8,11,13,18,29H,6-7,9-10,12,14H2. The van der Waals surface area contributed by atoms with Crippen LogP contribution in [0.4, 0.5) is 4.39 Å². The van der Waals surface area contributed by atoms with Gasteiger partial charge in [0.15, 0.2) is 0 Å². The smallest absolute Gasteiger partial charge is 0.309 e. The molecule has 1 aliphatic rings. The number of fused-ring (bicyclic) bond motifs is 3. The molecule has 0 spiro atoms. The number of hydrogen-bond donors (Lipinski definition) is 1. The molecule has 7 nitrogen and oxygen atoms in total. The van der Waals surface area contributed by atoms with E-state index in [0.717, 1.165) is 34.9 Å². The van der Waals surface area contributed by atoms with Gasteiger partial charge in [-0.15, -0.1) is 0 Å². The van der Waals surface area contributed by atoms with Gasteiger partial charge in [-0.25, -0.2) is 9.37 Å². The zero-order valence-electron chi connectivity index (χ0n) is 16.8. The van der Waals surface area contributed by atoms with Gasteiger partial charge in [0.05, 0.1) is 24.4 Å². The van der Waals surface area contributed by atoms with E-state index in [1.807, 2.05) is 10.8 Å². The van der Waals surface area contributed by atoms with Crippen LogP contribution >= 0.6 is 0 Å². The highest BCUT2D eigenvalue weighted by atomic mass is 19.1. The summed E-state index contributed by atoms with van der Waals surface area (Å²) in [5.41, 5.74) is 2.36. The quantitative estimate of drug-likeness (QED) is 0.498. The summed E-state index contributed by atoms with van der Waals surface area (Å²) in [7, 11) is 0. The Labute approximate surface area is 177 Å². The molecular weight excluding hydrogens is 401 g/mol. The maximum atomic E-state index is 13.3. The van der Waals surface area contributed by atoms with Crippen LogP contribution in [0, 0.1) is 5.82 Å². The number of rotatable bonds is 5. The van der Waals surface area contributed by atoms with Crippen LogP contribution in [-0.2, 0) is 22.6 Å². The number of hydrogen-bond acceptors (Lipinski definition) is 5. The number of pyridine rings is 2. The fraction of sp³-hybridized carbons (Fsp3) is 0.304. The Kier molecular flexibility index (Phi) is 5.17. The van der Waals surface area contributed by atoms with E-state index in [-0.39, 0.29) is 17.4 Å². The minimum atomic E-state index is -0.568. The van der Waals surface area contributed by atoms with Crippen molar-refractivity contribution in [3.05, 3.63) is 76.2 Å². The minimum Gasteiger partial charge on any atom is -0.425 e. The number of nitrogens with zero attached hydrogens (tertiary/aromatic N) is 3. The molecule has 8 heteroatoms. The molecule has 4 heterocycles. The van der Waals surface area contributed by atoms with Gasteiger partial charge in [0.1, 0.15) is 11.3 Å². The van der Waals surface area contributed by atoms with E-state index in [1.54, 1.807) is 24.4 Å². The van der Waals surface area contributed by atoms with Crippen molar-refractivity contribution < 1.29 is 19.1 Å². The molecule has 0 amide bonds. The van der Waals surface area contributed by atoms with Crippen LogP contribution in [0.2, 0.25) is 0 Å². The van der Waals surface area contributed by atoms with Crippen molar-refractivity contribution in [2.45, 2.75) is 32.1 Å². The third kappa shape index (κ3) is 3.80. The summed E-state index contributed by atoms with van der Waals surface area (Å²) in [6.07, 6.45) is 6.80. The highest BCUT2D eigenvalue weighted by Crippen LogP contribution is 2.29. The van der Waals surface area contributed by atoms with Crippen LogP contribution < -0.4 is 5.56 Å². The molecule has 5 rings (SSSR count). The lowest BCUT2D eigenvalue weighted by Crippen LogP contribution is -2.23. The molecule has 1 aromatic carbocycles. The molecule has 1 fully saturated rings.